The minimum Gasteiger partial charge on any atom is -0.481 e. The van der Waals surface area contributed by atoms with Gasteiger partial charge in [-0.05, 0) is 46.3 Å². The normalized spacial score (nSPS) is 10.1. The van der Waals surface area contributed by atoms with Crippen LogP contribution in [-0.4, -0.2) is 18.5 Å². The lowest BCUT2D eigenvalue weighted by atomic mass is 10.3. The summed E-state index contributed by atoms with van der Waals surface area (Å²) < 4.78 is 11.3. The molecule has 1 amide bonds. The molecule has 0 aliphatic heterocycles. The molecule has 2 aromatic carbocycles. The van der Waals surface area contributed by atoms with E-state index in [-0.39, 0.29) is 18.3 Å². The second-order valence-corrected chi connectivity index (χ2v) is 6.03. The van der Waals surface area contributed by atoms with Crippen molar-refractivity contribution in [2.75, 3.05) is 11.9 Å². The van der Waals surface area contributed by atoms with Gasteiger partial charge in [-0.15, -0.1) is 0 Å². The van der Waals surface area contributed by atoms with Crippen LogP contribution in [0.1, 0.15) is 13.3 Å². The molecule has 2 aromatic rings. The smallest absolute Gasteiger partial charge is 0.349 e. The molecule has 0 saturated heterocycles. The van der Waals surface area contributed by atoms with Crippen LogP contribution in [0.3, 0.4) is 0 Å². The molecule has 5 nitrogen and oxygen atoms in total. The maximum Gasteiger partial charge on any atom is 0.349 e. The molecule has 0 aromatic heterocycles. The van der Waals surface area contributed by atoms with E-state index < -0.39 is 5.97 Å². The van der Waals surface area contributed by atoms with Crippen molar-refractivity contribution in [1.29, 1.82) is 0 Å². The monoisotopic (exact) mass is 411 g/mol. The third kappa shape index (κ3) is 5.25. The summed E-state index contributed by atoms with van der Waals surface area (Å²) in [7, 11) is 0. The Morgan fingerprint density at radius 2 is 1.92 bits per heavy atom. The SMILES string of the molecule is CCC(=O)Nc1ccccc1OC(=O)COc1ccc(Cl)cc1Br. The summed E-state index contributed by atoms with van der Waals surface area (Å²) in [6.07, 6.45) is 0.329. The molecule has 0 unspecified atom stereocenters. The number of benzene rings is 2. The van der Waals surface area contributed by atoms with Crippen molar-refractivity contribution in [1.82, 2.24) is 0 Å². The van der Waals surface area contributed by atoms with E-state index in [1.165, 1.54) is 0 Å². The number of ether oxygens (including phenoxy) is 2. The number of carbonyl (C=O) groups is 2. The highest BCUT2D eigenvalue weighted by Gasteiger charge is 2.12. The maximum absolute atomic E-state index is 12.0. The molecule has 0 radical (unpaired) electrons. The number of carbonyl (C=O) groups excluding carboxylic acids is 2. The highest BCUT2D eigenvalue weighted by Crippen LogP contribution is 2.28. The molecule has 126 valence electrons. The third-order valence-electron chi connectivity index (χ3n) is 2.95. The van der Waals surface area contributed by atoms with Crippen LogP contribution in [0, 0.1) is 0 Å². The summed E-state index contributed by atoms with van der Waals surface area (Å²) >= 11 is 9.15. The van der Waals surface area contributed by atoms with Gasteiger partial charge in [0.25, 0.3) is 0 Å². The summed E-state index contributed by atoms with van der Waals surface area (Å²) in [5, 5.41) is 3.23. The average molecular weight is 413 g/mol. The predicted molar refractivity (Wildman–Crippen MR) is 95.6 cm³/mol. The van der Waals surface area contributed by atoms with Crippen LogP contribution in [0.5, 0.6) is 11.5 Å². The van der Waals surface area contributed by atoms with Crippen molar-refractivity contribution < 1.29 is 19.1 Å². The molecular weight excluding hydrogens is 398 g/mol. The Hall–Kier alpha value is -2.05. The Morgan fingerprint density at radius 1 is 1.17 bits per heavy atom. The van der Waals surface area contributed by atoms with E-state index in [0.717, 1.165) is 0 Å². The molecule has 7 heteroatoms. The first-order valence-corrected chi connectivity index (χ1v) is 8.34. The minimum atomic E-state index is -0.588. The van der Waals surface area contributed by atoms with Crippen molar-refractivity contribution in [2.45, 2.75) is 13.3 Å². The standard InChI is InChI=1S/C17H15BrClNO4/c1-2-16(21)20-13-5-3-4-6-15(13)24-17(22)10-23-14-8-7-11(19)9-12(14)18/h3-9H,2,10H2,1H3,(H,20,21). The van der Waals surface area contributed by atoms with Crippen LogP contribution < -0.4 is 14.8 Å². The topological polar surface area (TPSA) is 64.6 Å². The first-order valence-electron chi connectivity index (χ1n) is 7.17. The summed E-state index contributed by atoms with van der Waals surface area (Å²) in [4.78, 5) is 23.5. The van der Waals surface area contributed by atoms with Gasteiger partial charge < -0.3 is 14.8 Å². The molecule has 2 rings (SSSR count). The molecule has 0 heterocycles. The molecule has 0 spiro atoms. The Kier molecular flexibility index (Phi) is 6.63. The van der Waals surface area contributed by atoms with Crippen LogP contribution >= 0.6 is 27.5 Å². The molecule has 24 heavy (non-hydrogen) atoms. The predicted octanol–water partition coefficient (Wildman–Crippen LogP) is 4.44. The van der Waals surface area contributed by atoms with Gasteiger partial charge in [0, 0.05) is 11.4 Å². The second-order valence-electron chi connectivity index (χ2n) is 4.74. The zero-order valence-electron chi connectivity index (χ0n) is 12.8. The van der Waals surface area contributed by atoms with Gasteiger partial charge in [-0.25, -0.2) is 4.79 Å². The Balaban J connectivity index is 1.98. The lowest BCUT2D eigenvalue weighted by Crippen LogP contribution is -2.19. The number of nitrogens with one attached hydrogen (secondary N) is 1. The summed E-state index contributed by atoms with van der Waals surface area (Å²) in [6, 6.07) is 11.7. The Bertz CT molecular complexity index is 751. The number of hydrogen-bond acceptors (Lipinski definition) is 4. The number of rotatable bonds is 6. The number of anilines is 1. The van der Waals surface area contributed by atoms with Crippen LogP contribution in [0.2, 0.25) is 5.02 Å². The summed E-state index contributed by atoms with van der Waals surface area (Å²) in [5.74, 6) is -0.0121. The highest BCUT2D eigenvalue weighted by atomic mass is 79.9. The Morgan fingerprint density at radius 3 is 2.62 bits per heavy atom. The van der Waals surface area contributed by atoms with Gasteiger partial charge >= 0.3 is 5.97 Å². The molecule has 0 aliphatic carbocycles. The molecule has 1 N–H and O–H groups in total. The second kappa shape index (κ2) is 8.70. The zero-order chi connectivity index (χ0) is 17.5. The van der Waals surface area contributed by atoms with E-state index >= 15 is 0 Å². The van der Waals surface area contributed by atoms with E-state index in [1.54, 1.807) is 49.4 Å². The van der Waals surface area contributed by atoms with Crippen molar-refractivity contribution in [3.63, 3.8) is 0 Å². The first kappa shape index (κ1) is 18.3. The van der Waals surface area contributed by atoms with Crippen LogP contribution in [0.15, 0.2) is 46.9 Å². The first-order chi connectivity index (χ1) is 11.5. The summed E-state index contributed by atoms with van der Waals surface area (Å²) in [5.41, 5.74) is 0.436. The van der Waals surface area contributed by atoms with Gasteiger partial charge in [0.1, 0.15) is 5.75 Å². The van der Waals surface area contributed by atoms with Crippen molar-refractivity contribution in [3.8, 4) is 11.5 Å². The molecule has 0 fully saturated rings. The number of para-hydroxylation sites is 2. The maximum atomic E-state index is 12.0. The quantitative estimate of drug-likeness (QED) is 0.563. The van der Waals surface area contributed by atoms with Crippen molar-refractivity contribution in [2.24, 2.45) is 0 Å². The van der Waals surface area contributed by atoms with Gasteiger partial charge in [0.2, 0.25) is 5.91 Å². The van der Waals surface area contributed by atoms with E-state index in [1.807, 2.05) is 0 Å². The Labute approximate surface area is 153 Å². The van der Waals surface area contributed by atoms with Gasteiger partial charge in [-0.3, -0.25) is 4.79 Å². The average Bonchev–Trinajstić information content (AvgIpc) is 2.55. The van der Waals surface area contributed by atoms with Crippen LogP contribution in [0.25, 0.3) is 0 Å². The van der Waals surface area contributed by atoms with E-state index in [0.29, 0.717) is 27.4 Å². The van der Waals surface area contributed by atoms with Crippen molar-refractivity contribution in [3.05, 3.63) is 52.0 Å². The molecule has 0 saturated carbocycles. The van der Waals surface area contributed by atoms with E-state index in [2.05, 4.69) is 21.2 Å². The highest BCUT2D eigenvalue weighted by molar-refractivity contribution is 9.10. The number of halogens is 2. The van der Waals surface area contributed by atoms with Crippen LogP contribution in [-0.2, 0) is 9.59 Å². The minimum absolute atomic E-state index is 0.167. The van der Waals surface area contributed by atoms with Gasteiger partial charge in [-0.1, -0.05) is 30.7 Å². The van der Waals surface area contributed by atoms with Gasteiger partial charge in [0.15, 0.2) is 12.4 Å². The molecular formula is C17H15BrClNO4. The fraction of sp³-hybridized carbons (Fsp3) is 0.176. The largest absolute Gasteiger partial charge is 0.481 e. The van der Waals surface area contributed by atoms with E-state index in [9.17, 15) is 9.59 Å². The van der Waals surface area contributed by atoms with E-state index in [4.69, 9.17) is 21.1 Å². The van der Waals surface area contributed by atoms with Gasteiger partial charge in [-0.2, -0.15) is 0 Å². The number of amides is 1. The lowest BCUT2D eigenvalue weighted by Gasteiger charge is -2.12. The third-order valence-corrected chi connectivity index (χ3v) is 3.80. The fourth-order valence-corrected chi connectivity index (χ4v) is 2.58. The lowest BCUT2D eigenvalue weighted by molar-refractivity contribution is -0.136. The van der Waals surface area contributed by atoms with Gasteiger partial charge in [0.05, 0.1) is 10.2 Å². The fourth-order valence-electron chi connectivity index (χ4n) is 1.78. The molecule has 0 bridgehead atoms. The van der Waals surface area contributed by atoms with Crippen molar-refractivity contribution >= 4 is 45.1 Å². The zero-order valence-corrected chi connectivity index (χ0v) is 15.2. The molecule has 0 atom stereocenters. The number of hydrogen-bond donors (Lipinski definition) is 1. The molecule has 0 aliphatic rings. The summed E-state index contributed by atoms with van der Waals surface area (Å²) in [6.45, 7) is 1.46. The number of esters is 1. The van der Waals surface area contributed by atoms with Crippen LogP contribution in [0.4, 0.5) is 5.69 Å².